The molecule has 0 saturated carbocycles. The van der Waals surface area contributed by atoms with Crippen molar-refractivity contribution in [2.24, 2.45) is 0 Å². The Hall–Kier alpha value is -6.90. The van der Waals surface area contributed by atoms with E-state index in [1.165, 1.54) is 77.2 Å². The first-order valence-electron chi connectivity index (χ1n) is 19.1. The molecule has 0 saturated heterocycles. The Labute approximate surface area is 317 Å². The molecule has 0 spiro atoms. The molecular formula is C53H34O2. The van der Waals surface area contributed by atoms with E-state index in [1.54, 1.807) is 0 Å². The summed E-state index contributed by atoms with van der Waals surface area (Å²) in [5, 5.41) is 9.45. The molecule has 9 aromatic carbocycles. The van der Waals surface area contributed by atoms with Gasteiger partial charge in [-0.1, -0.05) is 135 Å². The third-order valence-electron chi connectivity index (χ3n) is 12.3. The van der Waals surface area contributed by atoms with Crippen LogP contribution in [-0.2, 0) is 5.41 Å². The van der Waals surface area contributed by atoms with Crippen molar-refractivity contribution in [1.29, 1.82) is 0 Å². The molecule has 0 fully saturated rings. The lowest BCUT2D eigenvalue weighted by Crippen LogP contribution is -2.14. The van der Waals surface area contributed by atoms with Crippen LogP contribution in [0.1, 0.15) is 25.0 Å². The van der Waals surface area contributed by atoms with Gasteiger partial charge in [-0.15, -0.1) is 0 Å². The largest absolute Gasteiger partial charge is 0.456 e. The molecule has 1 aliphatic rings. The van der Waals surface area contributed by atoms with E-state index < -0.39 is 0 Å². The molecule has 11 aromatic rings. The van der Waals surface area contributed by atoms with Gasteiger partial charge in [0.05, 0.1) is 0 Å². The number of rotatable bonds is 3. The summed E-state index contributed by atoms with van der Waals surface area (Å²) in [6.45, 7) is 4.70. The average molecular weight is 703 g/mol. The third-order valence-corrected chi connectivity index (χ3v) is 12.3. The molecule has 0 radical (unpaired) electrons. The van der Waals surface area contributed by atoms with Crippen LogP contribution in [0, 0.1) is 0 Å². The highest BCUT2D eigenvalue weighted by Crippen LogP contribution is 2.51. The van der Waals surface area contributed by atoms with E-state index in [9.17, 15) is 0 Å². The van der Waals surface area contributed by atoms with Gasteiger partial charge in [0, 0.05) is 27.0 Å². The second kappa shape index (κ2) is 11.1. The Morgan fingerprint density at radius 1 is 0.309 bits per heavy atom. The minimum Gasteiger partial charge on any atom is -0.456 e. The smallest absolute Gasteiger partial charge is 0.135 e. The summed E-state index contributed by atoms with van der Waals surface area (Å²) in [7, 11) is 0. The summed E-state index contributed by atoms with van der Waals surface area (Å²) in [5.74, 6) is 0. The van der Waals surface area contributed by atoms with Gasteiger partial charge in [-0.25, -0.2) is 0 Å². The van der Waals surface area contributed by atoms with Crippen LogP contribution in [0.15, 0.2) is 179 Å². The van der Waals surface area contributed by atoms with Crippen molar-refractivity contribution in [2.45, 2.75) is 19.3 Å². The van der Waals surface area contributed by atoms with Gasteiger partial charge in [0.2, 0.25) is 0 Å². The lowest BCUT2D eigenvalue weighted by molar-refractivity contribution is 0.660. The van der Waals surface area contributed by atoms with Crippen LogP contribution in [0.4, 0.5) is 0 Å². The van der Waals surface area contributed by atoms with Gasteiger partial charge in [-0.2, -0.15) is 0 Å². The van der Waals surface area contributed by atoms with Gasteiger partial charge in [-0.3, -0.25) is 0 Å². The van der Waals surface area contributed by atoms with E-state index >= 15 is 0 Å². The fourth-order valence-electron chi connectivity index (χ4n) is 9.64. The molecule has 0 atom stereocenters. The summed E-state index contributed by atoms with van der Waals surface area (Å²) in [6.07, 6.45) is 0. The molecule has 258 valence electrons. The number of fused-ring (bicyclic) bond motifs is 11. The molecule has 0 bridgehead atoms. The Kier molecular flexibility index (Phi) is 6.15. The fourth-order valence-corrected chi connectivity index (χ4v) is 9.64. The lowest BCUT2D eigenvalue weighted by atomic mass is 9.81. The maximum absolute atomic E-state index is 6.25. The molecule has 2 aromatic heterocycles. The van der Waals surface area contributed by atoms with Crippen LogP contribution in [0.25, 0.3) is 110 Å². The number of hydrogen-bond acceptors (Lipinski definition) is 2. The van der Waals surface area contributed by atoms with Crippen molar-refractivity contribution < 1.29 is 8.83 Å². The number of furan rings is 2. The van der Waals surface area contributed by atoms with Crippen LogP contribution in [0.3, 0.4) is 0 Å². The maximum Gasteiger partial charge on any atom is 0.135 e. The van der Waals surface area contributed by atoms with E-state index in [-0.39, 0.29) is 5.41 Å². The highest BCUT2D eigenvalue weighted by molar-refractivity contribution is 6.20. The molecule has 1 aliphatic carbocycles. The first kappa shape index (κ1) is 30.6. The Morgan fingerprint density at radius 3 is 1.40 bits per heavy atom. The summed E-state index contributed by atoms with van der Waals surface area (Å²) in [6, 6.07) is 62.0. The predicted molar refractivity (Wildman–Crippen MR) is 230 cm³/mol. The first-order chi connectivity index (χ1) is 27.0. The molecular weight excluding hydrogens is 669 g/mol. The van der Waals surface area contributed by atoms with Crippen molar-refractivity contribution in [3.8, 4) is 44.5 Å². The number of hydrogen-bond donors (Lipinski definition) is 0. The Morgan fingerprint density at radius 2 is 0.782 bits per heavy atom. The SMILES string of the molecule is CC1(C)c2ccccc2-c2cc(-c3c4cccc(-c5ccc6oc7ccccc7c6c5)c4cc4c(-c5ccc6oc7ccccc7c6c5)cccc34)ccc21. The first-order valence-corrected chi connectivity index (χ1v) is 19.1. The highest BCUT2D eigenvalue weighted by Gasteiger charge is 2.35. The predicted octanol–water partition coefficient (Wildman–Crippen LogP) is 15.1. The number of para-hydroxylation sites is 2. The van der Waals surface area contributed by atoms with Crippen molar-refractivity contribution in [1.82, 2.24) is 0 Å². The molecule has 0 N–H and O–H groups in total. The molecule has 2 heterocycles. The molecule has 55 heavy (non-hydrogen) atoms. The molecule has 2 heteroatoms. The van der Waals surface area contributed by atoms with Gasteiger partial charge < -0.3 is 8.83 Å². The quantitative estimate of drug-likeness (QED) is 0.171. The number of benzene rings is 9. The highest BCUT2D eigenvalue weighted by atomic mass is 16.3. The second-order valence-electron chi connectivity index (χ2n) is 15.6. The van der Waals surface area contributed by atoms with Crippen LogP contribution < -0.4 is 0 Å². The maximum atomic E-state index is 6.25. The minimum atomic E-state index is -0.0581. The Balaban J connectivity index is 1.17. The van der Waals surface area contributed by atoms with E-state index in [0.29, 0.717) is 0 Å². The van der Waals surface area contributed by atoms with Crippen molar-refractivity contribution in [3.05, 3.63) is 181 Å². The van der Waals surface area contributed by atoms with Crippen molar-refractivity contribution >= 4 is 65.4 Å². The monoisotopic (exact) mass is 702 g/mol. The average Bonchev–Trinajstić information content (AvgIpc) is 3.86. The fraction of sp³-hybridized carbons (Fsp3) is 0.0566. The molecule has 0 amide bonds. The molecule has 2 nitrogen and oxygen atoms in total. The van der Waals surface area contributed by atoms with Crippen LogP contribution in [0.5, 0.6) is 0 Å². The van der Waals surface area contributed by atoms with Gasteiger partial charge in [0.1, 0.15) is 22.3 Å². The standard InChI is InChI=1S/C53H34O2/c1-53(2)46-18-6-3-11-36(46)43-29-33(21-24-47(43)53)52-39-16-9-14-34(31-22-25-50-44(27-31)37-12-4-7-19-48(37)54-50)41(39)30-42-35(15-10-17-40(42)52)32-23-26-51-45(28-32)38-13-5-8-20-49(38)55-51/h3-30H,1-2H3. The van der Waals surface area contributed by atoms with E-state index in [1.807, 2.05) is 24.3 Å². The second-order valence-corrected chi connectivity index (χ2v) is 15.6. The lowest BCUT2D eigenvalue weighted by Gasteiger charge is -2.22. The van der Waals surface area contributed by atoms with E-state index in [0.717, 1.165) is 43.9 Å². The summed E-state index contributed by atoms with van der Waals surface area (Å²) >= 11 is 0. The Bertz CT molecular complexity index is 3240. The van der Waals surface area contributed by atoms with Gasteiger partial charge in [0.25, 0.3) is 0 Å². The summed E-state index contributed by atoms with van der Waals surface area (Å²) in [4.78, 5) is 0. The van der Waals surface area contributed by atoms with E-state index in [2.05, 4.69) is 159 Å². The van der Waals surface area contributed by atoms with Gasteiger partial charge in [0.15, 0.2) is 0 Å². The normalized spacial score (nSPS) is 13.4. The zero-order valence-corrected chi connectivity index (χ0v) is 30.5. The third kappa shape index (κ3) is 4.31. The topological polar surface area (TPSA) is 26.3 Å². The van der Waals surface area contributed by atoms with Crippen molar-refractivity contribution in [3.63, 3.8) is 0 Å². The zero-order valence-electron chi connectivity index (χ0n) is 30.5. The van der Waals surface area contributed by atoms with Gasteiger partial charge >= 0.3 is 0 Å². The van der Waals surface area contributed by atoms with Crippen LogP contribution in [-0.4, -0.2) is 0 Å². The molecule has 0 unspecified atom stereocenters. The zero-order chi connectivity index (χ0) is 36.4. The molecule has 0 aliphatic heterocycles. The van der Waals surface area contributed by atoms with Crippen LogP contribution >= 0.6 is 0 Å². The summed E-state index contributed by atoms with van der Waals surface area (Å²) < 4.78 is 12.5. The van der Waals surface area contributed by atoms with Crippen LogP contribution in [0.2, 0.25) is 0 Å². The summed E-state index contributed by atoms with van der Waals surface area (Å²) in [5.41, 5.74) is 16.2. The van der Waals surface area contributed by atoms with E-state index in [4.69, 9.17) is 8.83 Å². The van der Waals surface area contributed by atoms with Crippen molar-refractivity contribution in [2.75, 3.05) is 0 Å². The van der Waals surface area contributed by atoms with Gasteiger partial charge in [-0.05, 0) is 126 Å². The molecule has 12 rings (SSSR count). The minimum absolute atomic E-state index is 0.0581.